The summed E-state index contributed by atoms with van der Waals surface area (Å²) >= 11 is 0. The zero-order valence-electron chi connectivity index (χ0n) is 6.91. The molecule has 0 aliphatic heterocycles. The quantitative estimate of drug-likeness (QED) is 0.697. The van der Waals surface area contributed by atoms with Crippen molar-refractivity contribution >= 4 is 5.69 Å². The summed E-state index contributed by atoms with van der Waals surface area (Å²) in [5.74, 6) is 0.311. The number of anilines is 1. The number of hydrogen-bond acceptors (Lipinski definition) is 2. The molecule has 1 aromatic rings. The molecule has 1 aromatic carbocycles. The minimum absolute atomic E-state index is 0. The van der Waals surface area contributed by atoms with E-state index in [4.69, 9.17) is 5.11 Å². The molecule has 0 unspecified atom stereocenters. The summed E-state index contributed by atoms with van der Waals surface area (Å²) in [6.07, 6.45) is 0. The SMILES string of the molecule is CN(C)c1cccc(O)c1.[Zn]. The maximum Gasteiger partial charge on any atom is 0.117 e. The van der Waals surface area contributed by atoms with Crippen molar-refractivity contribution in [1.82, 2.24) is 0 Å². The fourth-order valence-electron chi connectivity index (χ4n) is 0.771. The average Bonchev–Trinajstić information content (AvgIpc) is 1.88. The molecule has 56 valence electrons. The zero-order valence-corrected chi connectivity index (χ0v) is 9.88. The van der Waals surface area contributed by atoms with Crippen LogP contribution in [0.25, 0.3) is 0 Å². The predicted octanol–water partition coefficient (Wildman–Crippen LogP) is 1.46. The molecule has 0 atom stereocenters. The van der Waals surface area contributed by atoms with Crippen LogP contribution < -0.4 is 4.90 Å². The molecule has 0 heterocycles. The number of nitrogens with zero attached hydrogens (tertiary/aromatic N) is 1. The Morgan fingerprint density at radius 3 is 2.27 bits per heavy atom. The summed E-state index contributed by atoms with van der Waals surface area (Å²) in [5.41, 5.74) is 1.01. The standard InChI is InChI=1S/C8H11NO.Zn/c1-9(2)7-4-3-5-8(10)6-7;/h3-6,10H,1-2H3;. The van der Waals surface area contributed by atoms with E-state index in [1.807, 2.05) is 31.1 Å². The Hall–Kier alpha value is -0.557. The summed E-state index contributed by atoms with van der Waals surface area (Å²) in [7, 11) is 3.88. The van der Waals surface area contributed by atoms with Crippen LogP contribution in [0.3, 0.4) is 0 Å². The Balaban J connectivity index is 0.000001000. The molecule has 1 N–H and O–H groups in total. The number of phenols is 1. The summed E-state index contributed by atoms with van der Waals surface area (Å²) in [6.45, 7) is 0. The second-order valence-electron chi connectivity index (χ2n) is 2.41. The van der Waals surface area contributed by atoms with Gasteiger partial charge >= 0.3 is 0 Å². The number of rotatable bonds is 1. The number of hydrogen-bond donors (Lipinski definition) is 1. The van der Waals surface area contributed by atoms with Crippen LogP contribution in [-0.4, -0.2) is 19.2 Å². The van der Waals surface area contributed by atoms with Crippen molar-refractivity contribution in [2.24, 2.45) is 0 Å². The van der Waals surface area contributed by atoms with Crippen molar-refractivity contribution < 1.29 is 24.6 Å². The number of benzene rings is 1. The summed E-state index contributed by atoms with van der Waals surface area (Å²) in [5, 5.41) is 9.04. The molecule has 0 radical (unpaired) electrons. The Kier molecular flexibility index (Phi) is 4.13. The average molecular weight is 203 g/mol. The molecule has 0 saturated carbocycles. The molecular formula is C8H11NOZn. The second kappa shape index (κ2) is 4.35. The monoisotopic (exact) mass is 201 g/mol. The van der Waals surface area contributed by atoms with Gasteiger partial charge in [-0.05, 0) is 12.1 Å². The maximum absolute atomic E-state index is 9.04. The van der Waals surface area contributed by atoms with Crippen LogP contribution in [0.4, 0.5) is 5.69 Å². The fourth-order valence-corrected chi connectivity index (χ4v) is 0.771. The van der Waals surface area contributed by atoms with Crippen molar-refractivity contribution in [3.63, 3.8) is 0 Å². The topological polar surface area (TPSA) is 23.5 Å². The summed E-state index contributed by atoms with van der Waals surface area (Å²) in [6, 6.07) is 7.15. The van der Waals surface area contributed by atoms with Crippen molar-refractivity contribution in [2.75, 3.05) is 19.0 Å². The molecule has 0 amide bonds. The normalized spacial score (nSPS) is 8.55. The molecule has 3 heteroatoms. The van der Waals surface area contributed by atoms with Gasteiger partial charge < -0.3 is 10.0 Å². The van der Waals surface area contributed by atoms with Gasteiger partial charge in [0.25, 0.3) is 0 Å². The van der Waals surface area contributed by atoms with E-state index in [9.17, 15) is 0 Å². The van der Waals surface area contributed by atoms with Crippen LogP contribution in [0.1, 0.15) is 0 Å². The van der Waals surface area contributed by atoms with Crippen LogP contribution >= 0.6 is 0 Å². The first-order valence-electron chi connectivity index (χ1n) is 3.16. The molecular weight excluding hydrogens is 191 g/mol. The smallest absolute Gasteiger partial charge is 0.117 e. The molecule has 0 aliphatic rings. The van der Waals surface area contributed by atoms with Crippen molar-refractivity contribution in [1.29, 1.82) is 0 Å². The maximum atomic E-state index is 9.04. The van der Waals surface area contributed by atoms with Crippen LogP contribution in [-0.2, 0) is 19.5 Å². The van der Waals surface area contributed by atoms with Gasteiger partial charge in [0, 0.05) is 45.3 Å². The number of phenolic OH excluding ortho intramolecular Hbond substituents is 1. The van der Waals surface area contributed by atoms with E-state index in [-0.39, 0.29) is 19.5 Å². The predicted molar refractivity (Wildman–Crippen MR) is 42.4 cm³/mol. The molecule has 0 bridgehead atoms. The van der Waals surface area contributed by atoms with Gasteiger partial charge in [0.05, 0.1) is 0 Å². The van der Waals surface area contributed by atoms with Gasteiger partial charge in [-0.15, -0.1) is 0 Å². The Labute approximate surface area is 79.6 Å². The van der Waals surface area contributed by atoms with E-state index >= 15 is 0 Å². The van der Waals surface area contributed by atoms with Crippen LogP contribution in [0.2, 0.25) is 0 Å². The third-order valence-corrected chi connectivity index (χ3v) is 1.35. The van der Waals surface area contributed by atoms with E-state index < -0.39 is 0 Å². The van der Waals surface area contributed by atoms with Gasteiger partial charge in [-0.1, -0.05) is 6.07 Å². The largest absolute Gasteiger partial charge is 0.508 e. The van der Waals surface area contributed by atoms with E-state index in [2.05, 4.69) is 0 Å². The minimum Gasteiger partial charge on any atom is -0.508 e. The molecule has 0 saturated heterocycles. The Morgan fingerprint density at radius 2 is 1.91 bits per heavy atom. The summed E-state index contributed by atoms with van der Waals surface area (Å²) in [4.78, 5) is 1.94. The Bertz CT molecular complexity index is 225. The van der Waals surface area contributed by atoms with E-state index in [1.54, 1.807) is 12.1 Å². The van der Waals surface area contributed by atoms with Crippen molar-refractivity contribution in [2.45, 2.75) is 0 Å². The van der Waals surface area contributed by atoms with Gasteiger partial charge in [-0.3, -0.25) is 0 Å². The van der Waals surface area contributed by atoms with Gasteiger partial charge in [0.15, 0.2) is 0 Å². The van der Waals surface area contributed by atoms with Crippen LogP contribution in [0.15, 0.2) is 24.3 Å². The van der Waals surface area contributed by atoms with Gasteiger partial charge in [0.1, 0.15) is 5.75 Å². The molecule has 1 rings (SSSR count). The third kappa shape index (κ3) is 2.90. The van der Waals surface area contributed by atoms with Crippen LogP contribution in [0.5, 0.6) is 5.75 Å². The van der Waals surface area contributed by atoms with E-state index in [0.29, 0.717) is 5.75 Å². The van der Waals surface area contributed by atoms with Crippen molar-refractivity contribution in [3.8, 4) is 5.75 Å². The molecule has 0 fully saturated rings. The van der Waals surface area contributed by atoms with E-state index in [1.165, 1.54) is 0 Å². The molecule has 2 nitrogen and oxygen atoms in total. The minimum atomic E-state index is 0. The first-order chi connectivity index (χ1) is 4.70. The zero-order chi connectivity index (χ0) is 7.56. The number of aromatic hydroxyl groups is 1. The van der Waals surface area contributed by atoms with Gasteiger partial charge in [-0.2, -0.15) is 0 Å². The first-order valence-corrected chi connectivity index (χ1v) is 3.16. The van der Waals surface area contributed by atoms with E-state index in [0.717, 1.165) is 5.69 Å². The second-order valence-corrected chi connectivity index (χ2v) is 2.41. The third-order valence-electron chi connectivity index (χ3n) is 1.35. The summed E-state index contributed by atoms with van der Waals surface area (Å²) < 4.78 is 0. The van der Waals surface area contributed by atoms with Crippen LogP contribution in [0, 0.1) is 0 Å². The molecule has 11 heavy (non-hydrogen) atoms. The Morgan fingerprint density at radius 1 is 1.27 bits per heavy atom. The van der Waals surface area contributed by atoms with Gasteiger partial charge in [0.2, 0.25) is 0 Å². The molecule has 0 spiro atoms. The molecule has 0 aromatic heterocycles. The van der Waals surface area contributed by atoms with Crippen molar-refractivity contribution in [3.05, 3.63) is 24.3 Å². The first kappa shape index (κ1) is 10.4. The fraction of sp³-hybridized carbons (Fsp3) is 0.250. The molecule has 0 aliphatic carbocycles. The van der Waals surface area contributed by atoms with Gasteiger partial charge in [-0.25, -0.2) is 0 Å².